The summed E-state index contributed by atoms with van der Waals surface area (Å²) in [6.45, 7) is 4.69. The summed E-state index contributed by atoms with van der Waals surface area (Å²) < 4.78 is 4.83. The SMILES string of the molecule is COCC(=O)N1CCC(C)C(CN)C1. The Morgan fingerprint density at radius 2 is 2.36 bits per heavy atom. The first-order valence-corrected chi connectivity index (χ1v) is 5.15. The number of nitrogens with zero attached hydrogens (tertiary/aromatic N) is 1. The van der Waals surface area contributed by atoms with Gasteiger partial charge in [-0.15, -0.1) is 0 Å². The zero-order valence-corrected chi connectivity index (χ0v) is 9.03. The lowest BCUT2D eigenvalue weighted by molar-refractivity contribution is -0.137. The van der Waals surface area contributed by atoms with Gasteiger partial charge in [0.1, 0.15) is 6.61 Å². The molecule has 82 valence electrons. The second-order valence-electron chi connectivity index (χ2n) is 4.03. The summed E-state index contributed by atoms with van der Waals surface area (Å²) in [5.74, 6) is 1.16. The average molecular weight is 200 g/mol. The van der Waals surface area contributed by atoms with Crippen LogP contribution < -0.4 is 5.73 Å². The van der Waals surface area contributed by atoms with Crippen LogP contribution in [0.5, 0.6) is 0 Å². The molecule has 2 unspecified atom stereocenters. The summed E-state index contributed by atoms with van der Waals surface area (Å²) >= 11 is 0. The van der Waals surface area contributed by atoms with E-state index in [0.717, 1.165) is 19.5 Å². The highest BCUT2D eigenvalue weighted by Crippen LogP contribution is 2.22. The van der Waals surface area contributed by atoms with Gasteiger partial charge in [-0.2, -0.15) is 0 Å². The number of hydrogen-bond acceptors (Lipinski definition) is 3. The number of ether oxygens (including phenoxy) is 1. The Morgan fingerprint density at radius 1 is 1.64 bits per heavy atom. The van der Waals surface area contributed by atoms with Crippen LogP contribution in [0.25, 0.3) is 0 Å². The van der Waals surface area contributed by atoms with E-state index < -0.39 is 0 Å². The summed E-state index contributed by atoms with van der Waals surface area (Å²) in [7, 11) is 1.55. The van der Waals surface area contributed by atoms with Crippen LogP contribution in [0.4, 0.5) is 0 Å². The standard InChI is InChI=1S/C10H20N2O2/c1-8-3-4-12(6-9(8)5-11)10(13)7-14-2/h8-9H,3-7,11H2,1-2H3. The Hall–Kier alpha value is -0.610. The Morgan fingerprint density at radius 3 is 2.93 bits per heavy atom. The summed E-state index contributed by atoms with van der Waals surface area (Å²) in [5.41, 5.74) is 5.66. The first-order valence-electron chi connectivity index (χ1n) is 5.15. The fourth-order valence-corrected chi connectivity index (χ4v) is 1.90. The second kappa shape index (κ2) is 5.32. The maximum atomic E-state index is 11.5. The van der Waals surface area contributed by atoms with Gasteiger partial charge in [0.15, 0.2) is 0 Å². The zero-order chi connectivity index (χ0) is 10.6. The van der Waals surface area contributed by atoms with Gasteiger partial charge in [-0.3, -0.25) is 4.79 Å². The molecular formula is C10H20N2O2. The molecule has 1 aliphatic heterocycles. The molecule has 1 aliphatic rings. The molecule has 0 aromatic carbocycles. The fourth-order valence-electron chi connectivity index (χ4n) is 1.90. The van der Waals surface area contributed by atoms with Crippen molar-refractivity contribution in [3.8, 4) is 0 Å². The number of piperidine rings is 1. The van der Waals surface area contributed by atoms with Gasteiger partial charge in [0, 0.05) is 20.2 Å². The third kappa shape index (κ3) is 2.69. The van der Waals surface area contributed by atoms with Crippen molar-refractivity contribution in [1.29, 1.82) is 0 Å². The van der Waals surface area contributed by atoms with Gasteiger partial charge < -0.3 is 15.4 Å². The molecule has 0 aromatic heterocycles. The number of methoxy groups -OCH3 is 1. The highest BCUT2D eigenvalue weighted by molar-refractivity contribution is 5.77. The minimum atomic E-state index is 0.0813. The Balaban J connectivity index is 2.45. The topological polar surface area (TPSA) is 55.6 Å². The molecule has 4 heteroatoms. The molecule has 1 amide bonds. The number of nitrogens with two attached hydrogens (primary N) is 1. The van der Waals surface area contributed by atoms with E-state index in [2.05, 4.69) is 6.92 Å². The van der Waals surface area contributed by atoms with E-state index in [1.54, 1.807) is 7.11 Å². The van der Waals surface area contributed by atoms with Crippen molar-refractivity contribution < 1.29 is 9.53 Å². The van der Waals surface area contributed by atoms with Crippen molar-refractivity contribution in [2.45, 2.75) is 13.3 Å². The third-order valence-corrected chi connectivity index (χ3v) is 3.04. The van der Waals surface area contributed by atoms with Crippen LogP contribution >= 0.6 is 0 Å². The third-order valence-electron chi connectivity index (χ3n) is 3.04. The number of amides is 1. The maximum absolute atomic E-state index is 11.5. The van der Waals surface area contributed by atoms with Crippen LogP contribution in [0.1, 0.15) is 13.3 Å². The number of hydrogen-bond donors (Lipinski definition) is 1. The van der Waals surface area contributed by atoms with Crippen LogP contribution in [0.3, 0.4) is 0 Å². The average Bonchev–Trinajstić information content (AvgIpc) is 2.19. The van der Waals surface area contributed by atoms with Crippen molar-refractivity contribution in [2.24, 2.45) is 17.6 Å². The summed E-state index contributed by atoms with van der Waals surface area (Å²) in [6, 6.07) is 0. The molecule has 1 heterocycles. The van der Waals surface area contributed by atoms with Crippen molar-refractivity contribution in [1.82, 2.24) is 4.90 Å². The molecule has 1 rings (SSSR count). The van der Waals surface area contributed by atoms with E-state index in [1.807, 2.05) is 4.90 Å². The molecule has 0 saturated carbocycles. The van der Waals surface area contributed by atoms with E-state index >= 15 is 0 Å². The largest absolute Gasteiger partial charge is 0.375 e. The summed E-state index contributed by atoms with van der Waals surface area (Å²) in [4.78, 5) is 13.4. The molecule has 2 atom stereocenters. The number of carbonyl (C=O) groups excluding carboxylic acids is 1. The second-order valence-corrected chi connectivity index (χ2v) is 4.03. The normalized spacial score (nSPS) is 27.8. The van der Waals surface area contributed by atoms with Crippen molar-refractivity contribution in [2.75, 3.05) is 33.4 Å². The molecule has 14 heavy (non-hydrogen) atoms. The molecule has 0 spiro atoms. The van der Waals surface area contributed by atoms with Crippen LogP contribution in [0.2, 0.25) is 0 Å². The van der Waals surface area contributed by atoms with Gasteiger partial charge in [0.25, 0.3) is 0 Å². The highest BCUT2D eigenvalue weighted by Gasteiger charge is 2.27. The van der Waals surface area contributed by atoms with Gasteiger partial charge >= 0.3 is 0 Å². The van der Waals surface area contributed by atoms with E-state index in [-0.39, 0.29) is 12.5 Å². The molecule has 0 aliphatic carbocycles. The predicted octanol–water partition coefficient (Wildman–Crippen LogP) is 0.0761. The highest BCUT2D eigenvalue weighted by atomic mass is 16.5. The Labute approximate surface area is 85.4 Å². The van der Waals surface area contributed by atoms with Gasteiger partial charge in [0.05, 0.1) is 0 Å². The fraction of sp³-hybridized carbons (Fsp3) is 0.900. The molecular weight excluding hydrogens is 180 g/mol. The Kier molecular flexibility index (Phi) is 4.35. The lowest BCUT2D eigenvalue weighted by Crippen LogP contribution is -2.46. The number of likely N-dealkylation sites (tertiary alicyclic amines) is 1. The minimum Gasteiger partial charge on any atom is -0.375 e. The van der Waals surface area contributed by atoms with E-state index in [1.165, 1.54) is 0 Å². The van der Waals surface area contributed by atoms with E-state index in [4.69, 9.17) is 10.5 Å². The van der Waals surface area contributed by atoms with Crippen LogP contribution in [0, 0.1) is 11.8 Å². The molecule has 1 saturated heterocycles. The van der Waals surface area contributed by atoms with E-state index in [9.17, 15) is 4.79 Å². The van der Waals surface area contributed by atoms with Gasteiger partial charge in [-0.05, 0) is 24.8 Å². The molecule has 1 fully saturated rings. The lowest BCUT2D eigenvalue weighted by atomic mass is 9.87. The van der Waals surface area contributed by atoms with Crippen LogP contribution in [0.15, 0.2) is 0 Å². The first kappa shape index (κ1) is 11.5. The van der Waals surface area contributed by atoms with Crippen molar-refractivity contribution >= 4 is 5.91 Å². The number of carbonyl (C=O) groups is 1. The Bertz CT molecular complexity index is 197. The molecule has 4 nitrogen and oxygen atoms in total. The lowest BCUT2D eigenvalue weighted by Gasteiger charge is -2.36. The quantitative estimate of drug-likeness (QED) is 0.701. The summed E-state index contributed by atoms with van der Waals surface area (Å²) in [6.07, 6.45) is 1.05. The van der Waals surface area contributed by atoms with Crippen LogP contribution in [-0.2, 0) is 9.53 Å². The minimum absolute atomic E-state index is 0.0813. The van der Waals surface area contributed by atoms with Crippen molar-refractivity contribution in [3.63, 3.8) is 0 Å². The van der Waals surface area contributed by atoms with Gasteiger partial charge in [-0.1, -0.05) is 6.92 Å². The monoisotopic (exact) mass is 200 g/mol. The zero-order valence-electron chi connectivity index (χ0n) is 9.03. The van der Waals surface area contributed by atoms with Crippen molar-refractivity contribution in [3.05, 3.63) is 0 Å². The van der Waals surface area contributed by atoms with Gasteiger partial charge in [-0.25, -0.2) is 0 Å². The summed E-state index contributed by atoms with van der Waals surface area (Å²) in [5, 5.41) is 0. The smallest absolute Gasteiger partial charge is 0.248 e. The molecule has 0 bridgehead atoms. The molecule has 0 radical (unpaired) electrons. The first-order chi connectivity index (χ1) is 6.69. The maximum Gasteiger partial charge on any atom is 0.248 e. The van der Waals surface area contributed by atoms with Crippen LogP contribution in [-0.4, -0.2) is 44.2 Å². The van der Waals surface area contributed by atoms with E-state index in [0.29, 0.717) is 18.4 Å². The van der Waals surface area contributed by atoms with Gasteiger partial charge in [0.2, 0.25) is 5.91 Å². The molecule has 2 N–H and O–H groups in total. The number of rotatable bonds is 3. The molecule has 0 aromatic rings. The predicted molar refractivity (Wildman–Crippen MR) is 54.8 cm³/mol.